The molecule has 0 fully saturated rings. The molecule has 0 saturated heterocycles. The predicted molar refractivity (Wildman–Crippen MR) is 101 cm³/mol. The molecule has 2 aromatic carbocycles. The van der Waals surface area contributed by atoms with Gasteiger partial charge in [-0.05, 0) is 40.9 Å². The van der Waals surface area contributed by atoms with Gasteiger partial charge in [-0.15, -0.1) is 0 Å². The van der Waals surface area contributed by atoms with E-state index >= 15 is 0 Å². The van der Waals surface area contributed by atoms with Gasteiger partial charge in [0, 0.05) is 5.56 Å². The van der Waals surface area contributed by atoms with Gasteiger partial charge in [0.1, 0.15) is 5.82 Å². The lowest BCUT2D eigenvalue weighted by atomic mass is 9.87. The standard InChI is InChI=1S/C19H19FN4S/c1-19(2,3)15-8-6-14(7-9-15)17-22-23-18(25)24(17)21-12-13-4-10-16(20)11-5-13/h4-12H,1-3H3,(H,23,25). The van der Waals surface area contributed by atoms with E-state index in [2.05, 4.69) is 48.2 Å². The van der Waals surface area contributed by atoms with Gasteiger partial charge >= 0.3 is 0 Å². The van der Waals surface area contributed by atoms with Crippen LogP contribution in [0.3, 0.4) is 0 Å². The van der Waals surface area contributed by atoms with Gasteiger partial charge in [-0.2, -0.15) is 14.9 Å². The van der Waals surface area contributed by atoms with Gasteiger partial charge < -0.3 is 0 Å². The average Bonchev–Trinajstić information content (AvgIpc) is 2.94. The van der Waals surface area contributed by atoms with Gasteiger partial charge in [-0.25, -0.2) is 9.49 Å². The monoisotopic (exact) mass is 354 g/mol. The van der Waals surface area contributed by atoms with Crippen molar-refractivity contribution in [2.24, 2.45) is 5.10 Å². The van der Waals surface area contributed by atoms with Crippen molar-refractivity contribution in [1.82, 2.24) is 14.9 Å². The second-order valence-corrected chi connectivity index (χ2v) is 7.17. The Hall–Kier alpha value is -2.60. The van der Waals surface area contributed by atoms with Crippen LogP contribution in [-0.2, 0) is 5.41 Å². The summed E-state index contributed by atoms with van der Waals surface area (Å²) in [5.74, 6) is 0.348. The topological polar surface area (TPSA) is 46.0 Å². The number of nitrogens with zero attached hydrogens (tertiary/aromatic N) is 3. The Morgan fingerprint density at radius 3 is 2.32 bits per heavy atom. The number of nitrogens with one attached hydrogen (secondary N) is 1. The molecule has 0 unspecified atom stereocenters. The maximum absolute atomic E-state index is 13.0. The molecule has 0 saturated carbocycles. The highest BCUT2D eigenvalue weighted by molar-refractivity contribution is 7.71. The fraction of sp³-hybridized carbons (Fsp3) is 0.211. The van der Waals surface area contributed by atoms with E-state index in [-0.39, 0.29) is 11.2 Å². The third-order valence-corrected chi connectivity index (χ3v) is 4.12. The number of rotatable bonds is 3. The van der Waals surface area contributed by atoms with Gasteiger partial charge in [0.05, 0.1) is 6.21 Å². The summed E-state index contributed by atoms with van der Waals surface area (Å²) >= 11 is 5.27. The smallest absolute Gasteiger partial charge is 0.216 e. The van der Waals surface area contributed by atoms with Gasteiger partial charge in [0.15, 0.2) is 5.82 Å². The Balaban J connectivity index is 1.94. The number of hydrogen-bond acceptors (Lipinski definition) is 3. The van der Waals surface area contributed by atoms with E-state index in [4.69, 9.17) is 12.2 Å². The van der Waals surface area contributed by atoms with Crippen molar-refractivity contribution in [3.05, 3.63) is 70.2 Å². The number of benzene rings is 2. The zero-order chi connectivity index (χ0) is 18.0. The molecule has 6 heteroatoms. The molecule has 0 spiro atoms. The summed E-state index contributed by atoms with van der Waals surface area (Å²) in [7, 11) is 0. The van der Waals surface area contributed by atoms with Crippen LogP contribution in [0.1, 0.15) is 31.9 Å². The Bertz CT molecular complexity index is 945. The first-order valence-electron chi connectivity index (χ1n) is 7.93. The molecule has 3 aromatic rings. The van der Waals surface area contributed by atoms with Crippen molar-refractivity contribution in [1.29, 1.82) is 0 Å². The van der Waals surface area contributed by atoms with Crippen molar-refractivity contribution in [3.8, 4) is 11.4 Å². The minimum Gasteiger partial charge on any atom is -0.250 e. The van der Waals surface area contributed by atoms with E-state index in [1.54, 1.807) is 23.0 Å². The van der Waals surface area contributed by atoms with Crippen molar-refractivity contribution in [3.63, 3.8) is 0 Å². The first-order valence-corrected chi connectivity index (χ1v) is 8.34. The van der Waals surface area contributed by atoms with E-state index in [9.17, 15) is 4.39 Å². The lowest BCUT2D eigenvalue weighted by Gasteiger charge is -2.18. The quantitative estimate of drug-likeness (QED) is 0.536. The SMILES string of the molecule is CC(C)(C)c1ccc(-c2n[nH]c(=S)n2N=Cc2ccc(F)cc2)cc1. The Labute approximate surface area is 151 Å². The third kappa shape index (κ3) is 3.91. The fourth-order valence-electron chi connectivity index (χ4n) is 2.38. The summed E-state index contributed by atoms with van der Waals surface area (Å²) in [6, 6.07) is 14.3. The van der Waals surface area contributed by atoms with E-state index in [1.165, 1.54) is 17.7 Å². The van der Waals surface area contributed by atoms with E-state index in [1.807, 2.05) is 12.1 Å². The normalized spacial score (nSPS) is 12.0. The van der Waals surface area contributed by atoms with Crippen LogP contribution >= 0.6 is 12.2 Å². The maximum atomic E-state index is 13.0. The molecule has 4 nitrogen and oxygen atoms in total. The summed E-state index contributed by atoms with van der Waals surface area (Å²) in [6.07, 6.45) is 1.62. The predicted octanol–water partition coefficient (Wildman–Crippen LogP) is 4.93. The number of hydrogen-bond donors (Lipinski definition) is 1. The molecule has 1 aromatic heterocycles. The molecule has 0 aliphatic heterocycles. The largest absolute Gasteiger partial charge is 0.250 e. The van der Waals surface area contributed by atoms with Crippen LogP contribution in [0.15, 0.2) is 53.6 Å². The summed E-state index contributed by atoms with van der Waals surface area (Å²) in [4.78, 5) is 0. The van der Waals surface area contributed by atoms with Gasteiger partial charge in [-0.3, -0.25) is 0 Å². The number of halogens is 1. The molecule has 1 N–H and O–H groups in total. The van der Waals surface area contributed by atoms with Gasteiger partial charge in [0.25, 0.3) is 0 Å². The highest BCUT2D eigenvalue weighted by atomic mass is 32.1. The molecular formula is C19H19FN4S. The van der Waals surface area contributed by atoms with Crippen LogP contribution in [0, 0.1) is 10.6 Å². The molecule has 3 rings (SSSR count). The third-order valence-electron chi connectivity index (χ3n) is 3.85. The second kappa shape index (κ2) is 6.72. The summed E-state index contributed by atoms with van der Waals surface area (Å²) in [5.41, 5.74) is 3.02. The first kappa shape index (κ1) is 17.2. The molecule has 25 heavy (non-hydrogen) atoms. The zero-order valence-electron chi connectivity index (χ0n) is 14.3. The molecule has 0 aliphatic rings. The van der Waals surface area contributed by atoms with Gasteiger partial charge in [0.2, 0.25) is 4.77 Å². The summed E-state index contributed by atoms with van der Waals surface area (Å²) < 4.78 is 14.9. The van der Waals surface area contributed by atoms with E-state index in [0.717, 1.165) is 11.1 Å². The first-order chi connectivity index (χ1) is 11.8. The van der Waals surface area contributed by atoms with Crippen molar-refractivity contribution in [2.45, 2.75) is 26.2 Å². The summed E-state index contributed by atoms with van der Waals surface area (Å²) in [5, 5.41) is 11.4. The number of H-pyrrole nitrogens is 1. The minimum atomic E-state index is -0.281. The molecule has 0 bridgehead atoms. The molecular weight excluding hydrogens is 335 g/mol. The molecule has 128 valence electrons. The molecule has 0 radical (unpaired) electrons. The van der Waals surface area contributed by atoms with Gasteiger partial charge in [-0.1, -0.05) is 57.2 Å². The van der Waals surface area contributed by atoms with Crippen LogP contribution in [0.25, 0.3) is 11.4 Å². The van der Waals surface area contributed by atoms with E-state index < -0.39 is 0 Å². The van der Waals surface area contributed by atoms with Crippen LogP contribution in [0.2, 0.25) is 0 Å². The average molecular weight is 354 g/mol. The van der Waals surface area contributed by atoms with Crippen LogP contribution in [0.4, 0.5) is 4.39 Å². The van der Waals surface area contributed by atoms with Crippen molar-refractivity contribution >= 4 is 18.4 Å². The number of aromatic nitrogens is 3. The minimum absolute atomic E-state index is 0.0873. The molecule has 0 amide bonds. The fourth-order valence-corrected chi connectivity index (χ4v) is 2.56. The highest BCUT2D eigenvalue weighted by Crippen LogP contribution is 2.25. The highest BCUT2D eigenvalue weighted by Gasteiger charge is 2.14. The van der Waals surface area contributed by atoms with Crippen LogP contribution in [0.5, 0.6) is 0 Å². The lowest BCUT2D eigenvalue weighted by molar-refractivity contribution is 0.590. The Morgan fingerprint density at radius 2 is 1.72 bits per heavy atom. The lowest BCUT2D eigenvalue weighted by Crippen LogP contribution is -2.10. The van der Waals surface area contributed by atoms with Crippen LogP contribution < -0.4 is 0 Å². The summed E-state index contributed by atoms with van der Waals surface area (Å²) in [6.45, 7) is 6.52. The zero-order valence-corrected chi connectivity index (χ0v) is 15.1. The van der Waals surface area contributed by atoms with Crippen molar-refractivity contribution in [2.75, 3.05) is 0 Å². The Morgan fingerprint density at radius 1 is 1.08 bits per heavy atom. The second-order valence-electron chi connectivity index (χ2n) is 6.79. The van der Waals surface area contributed by atoms with Crippen LogP contribution in [-0.4, -0.2) is 21.1 Å². The van der Waals surface area contributed by atoms with Crippen molar-refractivity contribution < 1.29 is 4.39 Å². The van der Waals surface area contributed by atoms with E-state index in [0.29, 0.717) is 10.6 Å². The molecule has 0 atom stereocenters. The molecule has 1 heterocycles. The number of aromatic amines is 1. The Kier molecular flexibility index (Phi) is 4.63. The maximum Gasteiger partial charge on any atom is 0.216 e. The molecule has 0 aliphatic carbocycles.